The molecule has 0 radical (unpaired) electrons. The molecule has 17 heavy (non-hydrogen) atoms. The lowest BCUT2D eigenvalue weighted by Crippen LogP contribution is -2.18. The van der Waals surface area contributed by atoms with Crippen molar-refractivity contribution >= 4 is 27.5 Å². The van der Waals surface area contributed by atoms with E-state index in [1.54, 1.807) is 7.11 Å². The van der Waals surface area contributed by atoms with Gasteiger partial charge in [0.1, 0.15) is 0 Å². The van der Waals surface area contributed by atoms with Crippen LogP contribution < -0.4 is 0 Å². The Labute approximate surface area is 118 Å². The van der Waals surface area contributed by atoms with Gasteiger partial charge in [-0.2, -0.15) is 0 Å². The van der Waals surface area contributed by atoms with Gasteiger partial charge in [0, 0.05) is 24.1 Å². The fraction of sp³-hybridized carbons (Fsp3) is 0.571. The minimum Gasteiger partial charge on any atom is -0.385 e. The molecule has 0 amide bonds. The Hall–Kier alpha value is -0.0500. The summed E-state index contributed by atoms with van der Waals surface area (Å²) >= 11 is 9.58. The molecule has 0 aromatic heterocycles. The van der Waals surface area contributed by atoms with Crippen LogP contribution in [0.2, 0.25) is 0 Å². The van der Waals surface area contributed by atoms with Crippen LogP contribution in [-0.2, 0) is 11.2 Å². The van der Waals surface area contributed by atoms with Crippen molar-refractivity contribution in [3.8, 4) is 0 Å². The molecule has 0 bridgehead atoms. The molecule has 0 N–H and O–H groups in total. The summed E-state index contributed by atoms with van der Waals surface area (Å²) in [5.74, 6) is 1.81. The second-order valence-electron chi connectivity index (χ2n) is 4.51. The summed E-state index contributed by atoms with van der Waals surface area (Å²) in [6, 6.07) is 8.45. The molecule has 0 aliphatic carbocycles. The summed E-state index contributed by atoms with van der Waals surface area (Å²) in [6.45, 7) is 3.07. The number of alkyl halides is 1. The van der Waals surface area contributed by atoms with Gasteiger partial charge in [-0.15, -0.1) is 11.6 Å². The molecule has 0 heterocycles. The number of ether oxygens (including phenoxy) is 1. The van der Waals surface area contributed by atoms with Crippen molar-refractivity contribution in [2.45, 2.75) is 19.8 Å². The van der Waals surface area contributed by atoms with Crippen molar-refractivity contribution in [1.82, 2.24) is 0 Å². The van der Waals surface area contributed by atoms with Crippen LogP contribution in [0.4, 0.5) is 0 Å². The van der Waals surface area contributed by atoms with Crippen LogP contribution in [0.1, 0.15) is 18.9 Å². The summed E-state index contributed by atoms with van der Waals surface area (Å²) in [5.41, 5.74) is 1.34. The minimum atomic E-state index is 0.515. The van der Waals surface area contributed by atoms with E-state index in [9.17, 15) is 0 Å². The molecule has 1 aromatic rings. The van der Waals surface area contributed by atoms with E-state index in [0.717, 1.165) is 23.9 Å². The van der Waals surface area contributed by atoms with E-state index in [-0.39, 0.29) is 0 Å². The normalized spacial score (nSPS) is 14.6. The lowest BCUT2D eigenvalue weighted by Gasteiger charge is -2.21. The average Bonchev–Trinajstić information content (AvgIpc) is 2.33. The van der Waals surface area contributed by atoms with E-state index >= 15 is 0 Å². The van der Waals surface area contributed by atoms with Crippen LogP contribution in [0.15, 0.2) is 28.7 Å². The number of hydrogen-bond donors (Lipinski definition) is 0. The predicted octanol–water partition coefficient (Wildman–Crippen LogP) is 4.52. The summed E-state index contributed by atoms with van der Waals surface area (Å²) < 4.78 is 6.26. The van der Waals surface area contributed by atoms with Crippen molar-refractivity contribution in [2.75, 3.05) is 19.6 Å². The van der Waals surface area contributed by atoms with Crippen LogP contribution in [0.25, 0.3) is 0 Å². The number of hydrogen-bond acceptors (Lipinski definition) is 1. The second kappa shape index (κ2) is 8.12. The fourth-order valence-corrected chi connectivity index (χ4v) is 2.77. The molecule has 2 unspecified atom stereocenters. The zero-order chi connectivity index (χ0) is 12.7. The first-order valence-electron chi connectivity index (χ1n) is 5.96. The lowest BCUT2D eigenvalue weighted by molar-refractivity contribution is 0.168. The topological polar surface area (TPSA) is 9.23 Å². The highest BCUT2D eigenvalue weighted by Gasteiger charge is 2.16. The smallest absolute Gasteiger partial charge is 0.0464 e. The molecule has 0 saturated carbocycles. The van der Waals surface area contributed by atoms with Gasteiger partial charge >= 0.3 is 0 Å². The van der Waals surface area contributed by atoms with Crippen molar-refractivity contribution in [3.05, 3.63) is 34.3 Å². The first-order chi connectivity index (χ1) is 8.17. The maximum atomic E-state index is 6.08. The standard InChI is InChI=1S/C14H20BrClO/c1-11(6-7-17-2)13(10-16)8-12-4-3-5-14(15)9-12/h3-5,9,11,13H,6-8,10H2,1-2H3. The Morgan fingerprint density at radius 2 is 2.18 bits per heavy atom. The van der Waals surface area contributed by atoms with Crippen molar-refractivity contribution in [3.63, 3.8) is 0 Å². The quantitative estimate of drug-likeness (QED) is 0.671. The largest absolute Gasteiger partial charge is 0.385 e. The molecular formula is C14H20BrClO. The summed E-state index contributed by atoms with van der Waals surface area (Å²) in [5, 5.41) is 0. The third kappa shape index (κ3) is 5.41. The zero-order valence-corrected chi connectivity index (χ0v) is 12.8. The number of rotatable bonds is 7. The van der Waals surface area contributed by atoms with Gasteiger partial charge in [0.05, 0.1) is 0 Å². The van der Waals surface area contributed by atoms with Gasteiger partial charge < -0.3 is 4.74 Å². The Morgan fingerprint density at radius 1 is 1.41 bits per heavy atom. The van der Waals surface area contributed by atoms with E-state index in [4.69, 9.17) is 16.3 Å². The van der Waals surface area contributed by atoms with Crippen molar-refractivity contribution in [1.29, 1.82) is 0 Å². The predicted molar refractivity (Wildman–Crippen MR) is 77.7 cm³/mol. The second-order valence-corrected chi connectivity index (χ2v) is 5.73. The van der Waals surface area contributed by atoms with E-state index < -0.39 is 0 Å². The van der Waals surface area contributed by atoms with E-state index in [1.165, 1.54) is 5.56 Å². The van der Waals surface area contributed by atoms with Gasteiger partial charge in [-0.1, -0.05) is 35.0 Å². The van der Waals surface area contributed by atoms with E-state index in [0.29, 0.717) is 17.7 Å². The number of methoxy groups -OCH3 is 1. The molecule has 0 saturated heterocycles. The number of halogens is 2. The van der Waals surface area contributed by atoms with Crippen LogP contribution in [0, 0.1) is 11.8 Å². The Kier molecular flexibility index (Phi) is 7.17. The zero-order valence-electron chi connectivity index (χ0n) is 10.5. The summed E-state index contributed by atoms with van der Waals surface area (Å²) in [7, 11) is 1.75. The van der Waals surface area contributed by atoms with Crippen LogP contribution >= 0.6 is 27.5 Å². The molecule has 0 aliphatic heterocycles. The number of benzene rings is 1. The lowest BCUT2D eigenvalue weighted by atomic mass is 9.87. The molecule has 96 valence electrons. The van der Waals surface area contributed by atoms with Crippen molar-refractivity contribution < 1.29 is 4.74 Å². The van der Waals surface area contributed by atoms with Crippen LogP contribution in [0.5, 0.6) is 0 Å². The molecule has 0 spiro atoms. The molecule has 2 atom stereocenters. The highest BCUT2D eigenvalue weighted by Crippen LogP contribution is 2.23. The Morgan fingerprint density at radius 3 is 2.76 bits per heavy atom. The molecular weight excluding hydrogens is 300 g/mol. The highest BCUT2D eigenvalue weighted by molar-refractivity contribution is 9.10. The SMILES string of the molecule is COCCC(C)C(CCl)Cc1cccc(Br)c1. The van der Waals surface area contributed by atoms with Gasteiger partial charge in [0.15, 0.2) is 0 Å². The van der Waals surface area contributed by atoms with Gasteiger partial charge in [0.2, 0.25) is 0 Å². The maximum absolute atomic E-state index is 6.08. The molecule has 1 aromatic carbocycles. The fourth-order valence-electron chi connectivity index (χ4n) is 1.91. The Bertz CT molecular complexity index is 330. The van der Waals surface area contributed by atoms with Crippen molar-refractivity contribution in [2.24, 2.45) is 11.8 Å². The monoisotopic (exact) mass is 318 g/mol. The van der Waals surface area contributed by atoms with Gasteiger partial charge in [0.25, 0.3) is 0 Å². The van der Waals surface area contributed by atoms with Gasteiger partial charge in [-0.25, -0.2) is 0 Å². The molecule has 1 nitrogen and oxygen atoms in total. The molecule has 0 fully saturated rings. The van der Waals surface area contributed by atoms with Gasteiger partial charge in [-0.05, 0) is 42.4 Å². The molecule has 3 heteroatoms. The third-order valence-corrected chi connectivity index (χ3v) is 4.06. The van der Waals surface area contributed by atoms with Crippen LogP contribution in [-0.4, -0.2) is 19.6 Å². The van der Waals surface area contributed by atoms with Crippen LogP contribution in [0.3, 0.4) is 0 Å². The first-order valence-corrected chi connectivity index (χ1v) is 7.29. The average molecular weight is 320 g/mol. The summed E-state index contributed by atoms with van der Waals surface area (Å²) in [4.78, 5) is 0. The Balaban J connectivity index is 2.56. The highest BCUT2D eigenvalue weighted by atomic mass is 79.9. The first kappa shape index (κ1) is 15.0. The minimum absolute atomic E-state index is 0.515. The van der Waals surface area contributed by atoms with E-state index in [1.807, 2.05) is 6.07 Å². The summed E-state index contributed by atoms with van der Waals surface area (Å²) in [6.07, 6.45) is 2.11. The van der Waals surface area contributed by atoms with E-state index in [2.05, 4.69) is 41.1 Å². The van der Waals surface area contributed by atoms with Gasteiger partial charge in [-0.3, -0.25) is 0 Å². The molecule has 0 aliphatic rings. The third-order valence-electron chi connectivity index (χ3n) is 3.17. The molecule has 1 rings (SSSR count). The maximum Gasteiger partial charge on any atom is 0.0464 e.